The lowest BCUT2D eigenvalue weighted by atomic mass is 10.4. The van der Waals surface area contributed by atoms with Gasteiger partial charge in [-0.2, -0.15) is 5.10 Å². The van der Waals surface area contributed by atoms with E-state index < -0.39 is 0 Å². The molecule has 0 atom stereocenters. The number of methoxy groups -OCH3 is 1. The van der Waals surface area contributed by atoms with E-state index in [0.29, 0.717) is 0 Å². The minimum absolute atomic E-state index is 0.244. The van der Waals surface area contributed by atoms with Crippen LogP contribution >= 0.6 is 23.1 Å². The third kappa shape index (κ3) is 3.32. The monoisotopic (exact) mass is 298 g/mol. The Bertz CT molecular complexity index is 579. The van der Waals surface area contributed by atoms with Crippen molar-refractivity contribution < 1.29 is 9.53 Å². The minimum atomic E-state index is -0.271. The van der Waals surface area contributed by atoms with Crippen LogP contribution in [0, 0.1) is 6.92 Å². The van der Waals surface area contributed by atoms with Gasteiger partial charge in [0.15, 0.2) is 9.35 Å². The van der Waals surface area contributed by atoms with Crippen molar-refractivity contribution in [3.8, 4) is 10.7 Å². The Morgan fingerprint density at radius 2 is 2.32 bits per heavy atom. The molecule has 0 aliphatic heterocycles. The van der Waals surface area contributed by atoms with E-state index in [0.717, 1.165) is 27.3 Å². The molecule has 2 aromatic rings. The molecule has 0 amide bonds. The molecule has 0 saturated carbocycles. The average Bonchev–Trinajstić information content (AvgIpc) is 3.02. The summed E-state index contributed by atoms with van der Waals surface area (Å²) < 4.78 is 7.23. The van der Waals surface area contributed by atoms with Crippen molar-refractivity contribution in [1.82, 2.24) is 20.0 Å². The quantitative estimate of drug-likeness (QED) is 0.621. The lowest BCUT2D eigenvalue weighted by Gasteiger charge is -1.95. The van der Waals surface area contributed by atoms with Crippen LogP contribution in [0.15, 0.2) is 10.4 Å². The van der Waals surface area contributed by atoms with Crippen molar-refractivity contribution >= 4 is 29.1 Å². The van der Waals surface area contributed by atoms with Crippen molar-refractivity contribution in [2.24, 2.45) is 0 Å². The molecule has 2 aromatic heterocycles. The smallest absolute Gasteiger partial charge is 0.316 e. The molecule has 102 valence electrons. The fourth-order valence-electron chi connectivity index (χ4n) is 1.49. The maximum Gasteiger partial charge on any atom is 0.316 e. The molecule has 0 bridgehead atoms. The van der Waals surface area contributed by atoms with Crippen molar-refractivity contribution in [3.63, 3.8) is 0 Å². The largest absolute Gasteiger partial charge is 0.468 e. The molecule has 8 heteroatoms. The van der Waals surface area contributed by atoms with Gasteiger partial charge in [-0.15, -0.1) is 10.2 Å². The van der Waals surface area contributed by atoms with Gasteiger partial charge in [0, 0.05) is 12.2 Å². The van der Waals surface area contributed by atoms with Crippen LogP contribution in [0.25, 0.3) is 10.7 Å². The van der Waals surface area contributed by atoms with Crippen LogP contribution in [0.3, 0.4) is 0 Å². The summed E-state index contributed by atoms with van der Waals surface area (Å²) in [7, 11) is 1.37. The fourth-order valence-corrected chi connectivity index (χ4v) is 3.13. The lowest BCUT2D eigenvalue weighted by Crippen LogP contribution is -2.02. The summed E-state index contributed by atoms with van der Waals surface area (Å²) in [6.45, 7) is 4.88. The first kappa shape index (κ1) is 14.0. The van der Waals surface area contributed by atoms with E-state index in [-0.39, 0.29) is 11.7 Å². The molecule has 0 fully saturated rings. The van der Waals surface area contributed by atoms with Gasteiger partial charge < -0.3 is 4.74 Å². The van der Waals surface area contributed by atoms with E-state index in [2.05, 4.69) is 20.0 Å². The molecule has 19 heavy (non-hydrogen) atoms. The standard InChI is InChI=1S/C11H14N4O2S2/c1-4-15-7(2)5-8(14-15)10-12-13-11(19-10)18-6-9(16)17-3/h5H,4,6H2,1-3H3. The van der Waals surface area contributed by atoms with Crippen LogP contribution < -0.4 is 0 Å². The topological polar surface area (TPSA) is 69.9 Å². The molecule has 0 saturated heterocycles. The predicted octanol–water partition coefficient (Wildman–Crippen LogP) is 2.00. The maximum atomic E-state index is 11.0. The number of carbonyl (C=O) groups is 1. The zero-order chi connectivity index (χ0) is 13.8. The number of hydrogen-bond donors (Lipinski definition) is 0. The van der Waals surface area contributed by atoms with E-state index in [1.807, 2.05) is 24.6 Å². The molecule has 0 N–H and O–H groups in total. The average molecular weight is 298 g/mol. The number of hydrogen-bond acceptors (Lipinski definition) is 7. The second kappa shape index (κ2) is 6.16. The Morgan fingerprint density at radius 1 is 1.53 bits per heavy atom. The summed E-state index contributed by atoms with van der Waals surface area (Å²) in [4.78, 5) is 11.0. The van der Waals surface area contributed by atoms with Crippen molar-refractivity contribution in [3.05, 3.63) is 11.8 Å². The number of nitrogens with zero attached hydrogens (tertiary/aromatic N) is 4. The van der Waals surface area contributed by atoms with Crippen LogP contribution in [-0.4, -0.2) is 38.8 Å². The molecule has 0 spiro atoms. The van der Waals surface area contributed by atoms with E-state index in [9.17, 15) is 4.79 Å². The minimum Gasteiger partial charge on any atom is -0.468 e. The van der Waals surface area contributed by atoms with Gasteiger partial charge in [0.2, 0.25) is 0 Å². The normalized spacial score (nSPS) is 10.7. The summed E-state index contributed by atoms with van der Waals surface area (Å²) in [5.74, 6) is -0.0269. The van der Waals surface area contributed by atoms with Crippen LogP contribution in [0.5, 0.6) is 0 Å². The molecular formula is C11H14N4O2S2. The van der Waals surface area contributed by atoms with Crippen LogP contribution in [-0.2, 0) is 16.1 Å². The molecule has 0 aliphatic carbocycles. The second-order valence-electron chi connectivity index (χ2n) is 3.72. The van der Waals surface area contributed by atoms with E-state index >= 15 is 0 Å². The Kier molecular flexibility index (Phi) is 4.54. The van der Waals surface area contributed by atoms with Gasteiger partial charge in [0.25, 0.3) is 0 Å². The number of rotatable bonds is 5. The van der Waals surface area contributed by atoms with Crippen LogP contribution in [0.2, 0.25) is 0 Å². The summed E-state index contributed by atoms with van der Waals surface area (Å²) in [5, 5.41) is 13.4. The highest BCUT2D eigenvalue weighted by Gasteiger charge is 2.12. The SMILES string of the molecule is CCn1nc(-c2nnc(SCC(=O)OC)s2)cc1C. The van der Waals surface area contributed by atoms with Gasteiger partial charge in [-0.1, -0.05) is 23.1 Å². The first-order chi connectivity index (χ1) is 9.13. The number of carbonyl (C=O) groups excluding carboxylic acids is 1. The number of aryl methyl sites for hydroxylation is 2. The zero-order valence-electron chi connectivity index (χ0n) is 10.9. The molecule has 0 aromatic carbocycles. The highest BCUT2D eigenvalue weighted by molar-refractivity contribution is 8.01. The number of ether oxygens (including phenoxy) is 1. The van der Waals surface area contributed by atoms with Crippen LogP contribution in [0.1, 0.15) is 12.6 Å². The lowest BCUT2D eigenvalue weighted by molar-refractivity contribution is -0.137. The molecule has 2 rings (SSSR count). The van der Waals surface area contributed by atoms with Gasteiger partial charge in [0.1, 0.15) is 5.69 Å². The molecule has 0 aliphatic rings. The zero-order valence-corrected chi connectivity index (χ0v) is 12.5. The summed E-state index contributed by atoms with van der Waals surface area (Å²) >= 11 is 2.75. The summed E-state index contributed by atoms with van der Waals surface area (Å²) in [6.07, 6.45) is 0. The highest BCUT2D eigenvalue weighted by Crippen LogP contribution is 2.28. The summed E-state index contributed by atoms with van der Waals surface area (Å²) in [5.41, 5.74) is 1.92. The van der Waals surface area contributed by atoms with Crippen molar-refractivity contribution in [1.29, 1.82) is 0 Å². The Labute approximate surface area is 119 Å². The third-order valence-electron chi connectivity index (χ3n) is 2.45. The second-order valence-corrected chi connectivity index (χ2v) is 5.92. The van der Waals surface area contributed by atoms with E-state index in [1.165, 1.54) is 30.2 Å². The first-order valence-electron chi connectivity index (χ1n) is 5.72. The van der Waals surface area contributed by atoms with Gasteiger partial charge >= 0.3 is 5.97 Å². The number of aromatic nitrogens is 4. The predicted molar refractivity (Wildman–Crippen MR) is 74.3 cm³/mol. The van der Waals surface area contributed by atoms with Gasteiger partial charge in [-0.3, -0.25) is 9.48 Å². The summed E-state index contributed by atoms with van der Waals surface area (Å²) in [6, 6.07) is 1.98. The first-order valence-corrected chi connectivity index (χ1v) is 7.52. The molecule has 0 unspecified atom stereocenters. The van der Waals surface area contributed by atoms with E-state index in [1.54, 1.807) is 0 Å². The van der Waals surface area contributed by atoms with Gasteiger partial charge in [-0.25, -0.2) is 0 Å². The van der Waals surface area contributed by atoms with Crippen molar-refractivity contribution in [2.45, 2.75) is 24.7 Å². The molecule has 6 nitrogen and oxygen atoms in total. The Hall–Kier alpha value is -1.41. The Balaban J connectivity index is 2.09. The third-order valence-corrected chi connectivity index (χ3v) is 4.50. The van der Waals surface area contributed by atoms with Gasteiger partial charge in [0.05, 0.1) is 12.9 Å². The maximum absolute atomic E-state index is 11.0. The molecular weight excluding hydrogens is 284 g/mol. The molecule has 2 heterocycles. The van der Waals surface area contributed by atoms with Crippen molar-refractivity contribution in [2.75, 3.05) is 12.9 Å². The molecule has 0 radical (unpaired) electrons. The van der Waals surface area contributed by atoms with Gasteiger partial charge in [-0.05, 0) is 19.9 Å². The number of thioether (sulfide) groups is 1. The van der Waals surface area contributed by atoms with E-state index in [4.69, 9.17) is 0 Å². The Morgan fingerprint density at radius 3 is 2.95 bits per heavy atom. The highest BCUT2D eigenvalue weighted by atomic mass is 32.2. The van der Waals surface area contributed by atoms with Crippen LogP contribution in [0.4, 0.5) is 0 Å². The fraction of sp³-hybridized carbons (Fsp3) is 0.455. The number of esters is 1.